The summed E-state index contributed by atoms with van der Waals surface area (Å²) in [6.07, 6.45) is -2.72. The van der Waals surface area contributed by atoms with Crippen molar-refractivity contribution < 1.29 is 22.3 Å². The lowest BCUT2D eigenvalue weighted by molar-refractivity contribution is 0.0794. The van der Waals surface area contributed by atoms with Gasteiger partial charge < -0.3 is 4.74 Å². The molecule has 6 heteroatoms. The summed E-state index contributed by atoms with van der Waals surface area (Å²) in [5.41, 5.74) is 0. The lowest BCUT2D eigenvalue weighted by atomic mass is 10.3. The Morgan fingerprint density at radius 2 is 1.86 bits per heavy atom. The molecule has 0 aliphatic rings. The van der Waals surface area contributed by atoms with Crippen LogP contribution in [0.1, 0.15) is 0 Å². The fourth-order valence-corrected chi connectivity index (χ4v) is 1.08. The average Bonchev–Trinajstić information content (AvgIpc) is 2.13. The van der Waals surface area contributed by atoms with E-state index in [1.54, 1.807) is 0 Å². The maximum atomic E-state index is 12.9. The molecule has 1 rings (SSSR count). The van der Waals surface area contributed by atoms with E-state index in [0.717, 1.165) is 6.07 Å². The Hall–Kier alpha value is -0.780. The molecule has 0 radical (unpaired) electrons. The highest BCUT2D eigenvalue weighted by Crippen LogP contribution is 2.26. The highest BCUT2D eigenvalue weighted by atomic mass is 79.9. The molecular weight excluding hydrogens is 268 g/mol. The summed E-state index contributed by atoms with van der Waals surface area (Å²) in [4.78, 5) is 0. The SMILES string of the molecule is Fc1c(Br)ccc(OCC(F)F)c1F. The number of hydrogen-bond acceptors (Lipinski definition) is 1. The van der Waals surface area contributed by atoms with Gasteiger partial charge in [-0.2, -0.15) is 4.39 Å². The van der Waals surface area contributed by atoms with Gasteiger partial charge in [-0.25, -0.2) is 13.2 Å². The van der Waals surface area contributed by atoms with E-state index in [-0.39, 0.29) is 4.47 Å². The van der Waals surface area contributed by atoms with E-state index in [4.69, 9.17) is 0 Å². The molecule has 1 nitrogen and oxygen atoms in total. The van der Waals surface area contributed by atoms with Crippen LogP contribution in [-0.2, 0) is 0 Å². The molecule has 14 heavy (non-hydrogen) atoms. The van der Waals surface area contributed by atoms with Crippen LogP contribution < -0.4 is 4.74 Å². The third kappa shape index (κ3) is 2.60. The van der Waals surface area contributed by atoms with Gasteiger partial charge in [-0.05, 0) is 28.1 Å². The van der Waals surface area contributed by atoms with Crippen molar-refractivity contribution in [1.82, 2.24) is 0 Å². The molecule has 0 aliphatic carbocycles. The predicted molar refractivity (Wildman–Crippen MR) is 45.6 cm³/mol. The summed E-state index contributed by atoms with van der Waals surface area (Å²) in [5, 5.41) is 0. The van der Waals surface area contributed by atoms with Crippen molar-refractivity contribution in [3.05, 3.63) is 28.2 Å². The van der Waals surface area contributed by atoms with Gasteiger partial charge in [0.2, 0.25) is 5.82 Å². The summed E-state index contributed by atoms with van der Waals surface area (Å²) in [7, 11) is 0. The molecule has 0 bridgehead atoms. The number of benzene rings is 1. The Morgan fingerprint density at radius 1 is 1.21 bits per heavy atom. The molecule has 0 saturated heterocycles. The zero-order valence-corrected chi connectivity index (χ0v) is 8.32. The third-order valence-corrected chi connectivity index (χ3v) is 1.98. The Labute approximate surface area is 85.8 Å². The first-order valence-corrected chi connectivity index (χ1v) is 4.36. The zero-order valence-electron chi connectivity index (χ0n) is 6.74. The summed E-state index contributed by atoms with van der Waals surface area (Å²) >= 11 is 2.74. The number of alkyl halides is 2. The largest absolute Gasteiger partial charge is 0.484 e. The number of hydrogen-bond donors (Lipinski definition) is 0. The average molecular weight is 273 g/mol. The van der Waals surface area contributed by atoms with Gasteiger partial charge >= 0.3 is 0 Å². The first-order chi connectivity index (χ1) is 6.52. The molecule has 0 heterocycles. The fourth-order valence-electron chi connectivity index (χ4n) is 0.772. The Bertz CT molecular complexity index is 329. The standard InChI is InChI=1S/C8H5BrF4O/c9-4-1-2-5(8(13)7(4)12)14-3-6(10)11/h1-2,6H,3H2. The molecule has 0 spiro atoms. The minimum Gasteiger partial charge on any atom is -0.484 e. The maximum Gasteiger partial charge on any atom is 0.272 e. The smallest absolute Gasteiger partial charge is 0.272 e. The molecule has 0 aromatic heterocycles. The minimum absolute atomic E-state index is 0.0839. The first-order valence-electron chi connectivity index (χ1n) is 3.57. The van der Waals surface area contributed by atoms with Gasteiger partial charge in [0.05, 0.1) is 4.47 Å². The Morgan fingerprint density at radius 3 is 2.43 bits per heavy atom. The second kappa shape index (κ2) is 4.63. The zero-order chi connectivity index (χ0) is 10.7. The van der Waals surface area contributed by atoms with Crippen molar-refractivity contribution in [2.24, 2.45) is 0 Å². The highest BCUT2D eigenvalue weighted by Gasteiger charge is 2.14. The Kier molecular flexibility index (Phi) is 3.74. The molecule has 1 aromatic carbocycles. The van der Waals surface area contributed by atoms with Crippen molar-refractivity contribution in [1.29, 1.82) is 0 Å². The van der Waals surface area contributed by atoms with Crippen LogP contribution in [-0.4, -0.2) is 13.0 Å². The maximum absolute atomic E-state index is 12.9. The van der Waals surface area contributed by atoms with Crippen molar-refractivity contribution in [3.63, 3.8) is 0 Å². The van der Waals surface area contributed by atoms with Crippen LogP contribution in [0.5, 0.6) is 5.75 Å². The van der Waals surface area contributed by atoms with E-state index in [1.807, 2.05) is 0 Å². The number of halogens is 5. The van der Waals surface area contributed by atoms with E-state index < -0.39 is 30.4 Å². The predicted octanol–water partition coefficient (Wildman–Crippen LogP) is 3.37. The molecule has 0 fully saturated rings. The molecule has 1 aromatic rings. The van der Waals surface area contributed by atoms with Crippen LogP contribution >= 0.6 is 15.9 Å². The molecule has 78 valence electrons. The summed E-state index contributed by atoms with van der Waals surface area (Å²) in [5.74, 6) is -2.96. The normalized spacial score (nSPS) is 10.7. The van der Waals surface area contributed by atoms with Gasteiger partial charge in [-0.3, -0.25) is 0 Å². The van der Waals surface area contributed by atoms with E-state index in [1.165, 1.54) is 6.07 Å². The number of ether oxygens (including phenoxy) is 1. The molecule has 0 atom stereocenters. The van der Waals surface area contributed by atoms with Crippen LogP contribution in [0.2, 0.25) is 0 Å². The first kappa shape index (κ1) is 11.3. The number of rotatable bonds is 3. The van der Waals surface area contributed by atoms with Crippen LogP contribution in [0, 0.1) is 11.6 Å². The van der Waals surface area contributed by atoms with E-state index in [2.05, 4.69) is 20.7 Å². The molecule has 0 unspecified atom stereocenters. The van der Waals surface area contributed by atoms with E-state index in [9.17, 15) is 17.6 Å². The second-order valence-electron chi connectivity index (χ2n) is 2.38. The quantitative estimate of drug-likeness (QED) is 0.606. The molecule has 0 saturated carbocycles. The van der Waals surface area contributed by atoms with Gasteiger partial charge in [0.25, 0.3) is 6.43 Å². The lowest BCUT2D eigenvalue weighted by Gasteiger charge is -2.07. The monoisotopic (exact) mass is 272 g/mol. The minimum atomic E-state index is -2.72. The Balaban J connectivity index is 2.83. The lowest BCUT2D eigenvalue weighted by Crippen LogP contribution is -2.08. The highest BCUT2D eigenvalue weighted by molar-refractivity contribution is 9.10. The van der Waals surface area contributed by atoms with Crippen molar-refractivity contribution in [2.45, 2.75) is 6.43 Å². The summed E-state index contributed by atoms with van der Waals surface area (Å²) < 4.78 is 53.4. The molecule has 0 amide bonds. The topological polar surface area (TPSA) is 9.23 Å². The van der Waals surface area contributed by atoms with Crippen molar-refractivity contribution in [3.8, 4) is 5.75 Å². The molecule has 0 aliphatic heterocycles. The van der Waals surface area contributed by atoms with Crippen LogP contribution in [0.4, 0.5) is 17.6 Å². The molecule has 0 N–H and O–H groups in total. The van der Waals surface area contributed by atoms with Gasteiger partial charge in [-0.1, -0.05) is 0 Å². The van der Waals surface area contributed by atoms with Gasteiger partial charge in [0, 0.05) is 0 Å². The van der Waals surface area contributed by atoms with Crippen LogP contribution in [0.3, 0.4) is 0 Å². The van der Waals surface area contributed by atoms with Gasteiger partial charge in [0.15, 0.2) is 11.6 Å². The van der Waals surface area contributed by atoms with Crippen molar-refractivity contribution >= 4 is 15.9 Å². The van der Waals surface area contributed by atoms with Crippen molar-refractivity contribution in [2.75, 3.05) is 6.61 Å². The van der Waals surface area contributed by atoms with Gasteiger partial charge in [-0.15, -0.1) is 0 Å². The summed E-state index contributed by atoms with van der Waals surface area (Å²) in [6.45, 7) is -0.960. The van der Waals surface area contributed by atoms with E-state index in [0.29, 0.717) is 0 Å². The van der Waals surface area contributed by atoms with Crippen LogP contribution in [0.15, 0.2) is 16.6 Å². The van der Waals surface area contributed by atoms with Gasteiger partial charge in [0.1, 0.15) is 6.61 Å². The van der Waals surface area contributed by atoms with Crippen LogP contribution in [0.25, 0.3) is 0 Å². The third-order valence-electron chi connectivity index (χ3n) is 1.36. The summed E-state index contributed by atoms with van der Waals surface area (Å²) in [6, 6.07) is 2.25. The van der Waals surface area contributed by atoms with E-state index >= 15 is 0 Å². The fraction of sp³-hybridized carbons (Fsp3) is 0.250. The second-order valence-corrected chi connectivity index (χ2v) is 3.23. The molecular formula is C8H5BrF4O.